The van der Waals surface area contributed by atoms with Crippen LogP contribution in [0.15, 0.2) is 36.1 Å². The number of amides is 3. The Hall–Kier alpha value is -1.48. The van der Waals surface area contributed by atoms with Crippen LogP contribution in [0.5, 0.6) is 0 Å². The topological polar surface area (TPSA) is 92.8 Å². The van der Waals surface area contributed by atoms with Gasteiger partial charge in [-0.15, -0.1) is 0 Å². The van der Waals surface area contributed by atoms with Gasteiger partial charge in [0, 0.05) is 17.9 Å². The van der Waals surface area contributed by atoms with Crippen molar-refractivity contribution in [2.75, 3.05) is 11.9 Å². The summed E-state index contributed by atoms with van der Waals surface area (Å²) >= 11 is 19.1. The quantitative estimate of drug-likeness (QED) is 0.145. The Labute approximate surface area is 246 Å². The maximum absolute atomic E-state index is 13.2. The van der Waals surface area contributed by atoms with E-state index in [4.69, 9.17) is 16.3 Å². The number of fused-ring (bicyclic) bond motifs is 1. The highest BCUT2D eigenvalue weighted by Gasteiger charge is 2.48. The highest BCUT2D eigenvalue weighted by Crippen LogP contribution is 2.46. The Morgan fingerprint density at radius 3 is 1.97 bits per heavy atom. The smallest absolute Gasteiger partial charge is 0.416 e. The molecule has 0 bridgehead atoms. The predicted octanol–water partition coefficient (Wildman–Crippen LogP) is 7.21. The van der Waals surface area contributed by atoms with Crippen molar-refractivity contribution in [2.24, 2.45) is 5.92 Å². The average molecular weight is 798 g/mol. The molecule has 3 rings (SSSR count). The first-order valence-corrected chi connectivity index (χ1v) is 13.7. The van der Waals surface area contributed by atoms with Crippen molar-refractivity contribution in [1.29, 1.82) is 0 Å². The van der Waals surface area contributed by atoms with Crippen molar-refractivity contribution in [1.82, 2.24) is 4.90 Å². The molecule has 2 aromatic carbocycles. The van der Waals surface area contributed by atoms with Gasteiger partial charge in [0.2, 0.25) is 0 Å². The number of halogens is 8. The van der Waals surface area contributed by atoms with Gasteiger partial charge in [-0.05, 0) is 87.8 Å². The number of carbonyl (C=O) groups is 4. The molecule has 0 saturated heterocycles. The van der Waals surface area contributed by atoms with E-state index in [0.29, 0.717) is 24.0 Å². The van der Waals surface area contributed by atoms with Gasteiger partial charge in [0.15, 0.2) is 6.61 Å². The fraction of sp³-hybridized carbons (Fsp3) is 0.273. The summed E-state index contributed by atoms with van der Waals surface area (Å²) in [6.07, 6.45) is -4.66. The summed E-state index contributed by atoms with van der Waals surface area (Å²) in [7, 11) is 0. The largest absolute Gasteiger partial charge is 0.454 e. The highest BCUT2D eigenvalue weighted by molar-refractivity contribution is 9.15. The Morgan fingerprint density at radius 1 is 1.00 bits per heavy atom. The summed E-state index contributed by atoms with van der Waals surface area (Å²) in [5, 5.41) is 2.00. The van der Waals surface area contributed by atoms with Gasteiger partial charge < -0.3 is 10.1 Å². The third kappa shape index (κ3) is 5.92. The molecule has 0 aromatic heterocycles. The minimum absolute atomic E-state index is 0.0299. The molecule has 1 N–H and O–H groups in total. The van der Waals surface area contributed by atoms with Crippen LogP contribution in [0, 0.1) is 5.92 Å². The predicted molar refractivity (Wildman–Crippen MR) is 142 cm³/mol. The van der Waals surface area contributed by atoms with Crippen LogP contribution in [0.4, 0.5) is 18.9 Å². The number of hydrogen-bond donors (Lipinski definition) is 1. The van der Waals surface area contributed by atoms with E-state index in [9.17, 15) is 32.3 Å². The van der Waals surface area contributed by atoms with Crippen LogP contribution in [0.2, 0.25) is 5.02 Å². The van der Waals surface area contributed by atoms with Gasteiger partial charge in [-0.25, -0.2) is 4.79 Å². The lowest BCUT2D eigenvalue weighted by Crippen LogP contribution is -2.49. The monoisotopic (exact) mass is 794 g/mol. The maximum atomic E-state index is 13.2. The van der Waals surface area contributed by atoms with Gasteiger partial charge in [0.25, 0.3) is 17.7 Å². The first kappa shape index (κ1) is 30.1. The van der Waals surface area contributed by atoms with Crippen molar-refractivity contribution in [3.63, 3.8) is 0 Å². The molecule has 1 aliphatic rings. The molecule has 15 heteroatoms. The molecular formula is C22H14Br4ClF3N2O5. The van der Waals surface area contributed by atoms with Crippen LogP contribution in [-0.2, 0) is 20.5 Å². The number of hydrogen-bond acceptors (Lipinski definition) is 5. The molecule has 7 nitrogen and oxygen atoms in total. The zero-order valence-corrected chi connectivity index (χ0v) is 25.7. The number of nitrogens with one attached hydrogen (secondary N) is 1. The van der Waals surface area contributed by atoms with E-state index in [0.717, 1.165) is 17.0 Å². The van der Waals surface area contributed by atoms with Gasteiger partial charge >= 0.3 is 12.1 Å². The summed E-state index contributed by atoms with van der Waals surface area (Å²) in [6, 6.07) is 0.967. The minimum Gasteiger partial charge on any atom is -0.454 e. The zero-order valence-electron chi connectivity index (χ0n) is 18.6. The number of anilines is 1. The third-order valence-corrected chi connectivity index (χ3v) is 10.3. The number of alkyl halides is 3. The summed E-state index contributed by atoms with van der Waals surface area (Å²) < 4.78 is 45.5. The molecule has 0 spiro atoms. The van der Waals surface area contributed by atoms with Gasteiger partial charge in [-0.1, -0.05) is 25.4 Å². The molecule has 1 aliphatic heterocycles. The molecule has 0 saturated carbocycles. The Morgan fingerprint density at radius 2 is 1.51 bits per heavy atom. The van der Waals surface area contributed by atoms with Gasteiger partial charge in [-0.2, -0.15) is 13.2 Å². The number of esters is 1. The first-order chi connectivity index (χ1) is 17.1. The fourth-order valence-electron chi connectivity index (χ4n) is 3.50. The number of rotatable bonds is 6. The van der Waals surface area contributed by atoms with Crippen LogP contribution in [-0.4, -0.2) is 41.2 Å². The van der Waals surface area contributed by atoms with E-state index in [2.05, 4.69) is 69.0 Å². The van der Waals surface area contributed by atoms with E-state index < -0.39 is 54.0 Å². The highest BCUT2D eigenvalue weighted by atomic mass is 79.9. The Bertz CT molecular complexity index is 1290. The zero-order chi connectivity index (χ0) is 28.0. The Balaban J connectivity index is 1.80. The van der Waals surface area contributed by atoms with Crippen molar-refractivity contribution in [3.05, 3.63) is 57.8 Å². The van der Waals surface area contributed by atoms with Crippen molar-refractivity contribution < 1.29 is 37.1 Å². The molecule has 0 unspecified atom stereocenters. The standard InChI is InChI=1S/C22H14Br4ClF3N2O5/c1-7(2)18(32-19(34)12-13(20(32)35)15(24)17(26)16(25)14(12)23)21(36)37-6-11(33)31-10-5-8(22(28,29)30)3-4-9(10)27/h3-5,7,18H,6H2,1-2H3,(H,31,33)/t18-/m0/s1. The number of nitrogens with zero attached hydrogens (tertiary/aromatic N) is 1. The van der Waals surface area contributed by atoms with Gasteiger partial charge in [-0.3, -0.25) is 19.3 Å². The van der Waals surface area contributed by atoms with E-state index in [1.165, 1.54) is 0 Å². The number of imide groups is 1. The molecule has 3 amide bonds. The van der Waals surface area contributed by atoms with E-state index >= 15 is 0 Å². The number of carbonyl (C=O) groups excluding carboxylic acids is 4. The summed E-state index contributed by atoms with van der Waals surface area (Å²) in [6.45, 7) is 2.25. The molecule has 0 radical (unpaired) electrons. The molecular weight excluding hydrogens is 784 g/mol. The summed E-state index contributed by atoms with van der Waals surface area (Å²) in [5.74, 6) is -4.15. The molecule has 37 heavy (non-hydrogen) atoms. The van der Waals surface area contributed by atoms with Crippen LogP contribution < -0.4 is 5.32 Å². The van der Waals surface area contributed by atoms with Gasteiger partial charge in [0.1, 0.15) is 6.04 Å². The Kier molecular flexibility index (Phi) is 9.20. The van der Waals surface area contributed by atoms with Crippen molar-refractivity contribution in [3.8, 4) is 0 Å². The van der Waals surface area contributed by atoms with Crippen LogP contribution in [0.1, 0.15) is 40.1 Å². The molecule has 0 aliphatic carbocycles. The van der Waals surface area contributed by atoms with E-state index in [1.807, 2.05) is 0 Å². The number of benzene rings is 2. The third-order valence-electron chi connectivity index (χ3n) is 5.20. The second-order valence-corrected chi connectivity index (χ2v) is 11.6. The van der Waals surface area contributed by atoms with Crippen LogP contribution >= 0.6 is 75.3 Å². The molecule has 1 heterocycles. The second kappa shape index (κ2) is 11.3. The number of ether oxygens (including phenoxy) is 1. The lowest BCUT2D eigenvalue weighted by atomic mass is 10.0. The minimum atomic E-state index is -4.66. The van der Waals surface area contributed by atoms with Crippen molar-refractivity contribution in [2.45, 2.75) is 26.1 Å². The lowest BCUT2D eigenvalue weighted by molar-refractivity contribution is -0.152. The summed E-state index contributed by atoms with van der Waals surface area (Å²) in [5.41, 5.74) is -1.31. The van der Waals surface area contributed by atoms with Gasteiger partial charge in [0.05, 0.1) is 27.4 Å². The van der Waals surface area contributed by atoms with E-state index in [1.54, 1.807) is 13.8 Å². The molecule has 1 atom stereocenters. The van der Waals surface area contributed by atoms with E-state index in [-0.39, 0.29) is 21.8 Å². The fourth-order valence-corrected chi connectivity index (χ4v) is 6.12. The van der Waals surface area contributed by atoms with Crippen LogP contribution in [0.25, 0.3) is 0 Å². The SMILES string of the molecule is CC(C)[C@@H](C(=O)OCC(=O)Nc1cc(C(F)(F)F)ccc1Cl)N1C(=O)c2c(Br)c(Br)c(Br)c(Br)c2C1=O. The average Bonchev–Trinajstić information content (AvgIpc) is 3.06. The van der Waals surface area contributed by atoms with Crippen molar-refractivity contribution >= 4 is 105 Å². The second-order valence-electron chi connectivity index (χ2n) is 8.02. The maximum Gasteiger partial charge on any atom is 0.416 e. The first-order valence-electron chi connectivity index (χ1n) is 10.1. The lowest BCUT2D eigenvalue weighted by Gasteiger charge is -2.27. The summed E-state index contributed by atoms with van der Waals surface area (Å²) in [4.78, 5) is 52.5. The molecule has 2 aromatic rings. The van der Waals surface area contributed by atoms with Crippen LogP contribution in [0.3, 0.4) is 0 Å². The normalized spacial score (nSPS) is 14.2. The molecule has 0 fully saturated rings. The molecule has 198 valence electrons.